The van der Waals surface area contributed by atoms with Crippen molar-refractivity contribution in [2.75, 3.05) is 48.0 Å². The lowest BCUT2D eigenvalue weighted by Crippen LogP contribution is -2.43. The minimum atomic E-state index is -0.326. The maximum absolute atomic E-state index is 13.0. The molecule has 3 aromatic rings. The fourth-order valence-corrected chi connectivity index (χ4v) is 4.34. The number of carbonyl (C=O) groups is 1. The molecule has 1 fully saturated rings. The molecule has 2 N–H and O–H groups in total. The second-order valence-corrected chi connectivity index (χ2v) is 8.21. The third-order valence-electron chi connectivity index (χ3n) is 5.37. The molecule has 164 valence electrons. The number of anilines is 4. The van der Waals surface area contributed by atoms with Gasteiger partial charge in [0.1, 0.15) is 5.56 Å². The average molecular weight is 471 g/mol. The minimum Gasteiger partial charge on any atom is -0.455 e. The summed E-state index contributed by atoms with van der Waals surface area (Å²) in [6.45, 7) is 3.90. The molecule has 0 radical (unpaired) electrons. The maximum atomic E-state index is 13.0. The van der Waals surface area contributed by atoms with E-state index in [0.29, 0.717) is 21.7 Å². The fraction of sp³-hybridized carbons (Fsp3) is 0.227. The van der Waals surface area contributed by atoms with Crippen LogP contribution in [-0.4, -0.2) is 48.8 Å². The number of aromatic nitrogens is 2. The Morgan fingerprint density at radius 2 is 1.75 bits per heavy atom. The highest BCUT2D eigenvalue weighted by atomic mass is 35.5. The van der Waals surface area contributed by atoms with Crippen LogP contribution in [0.25, 0.3) is 0 Å². The second kappa shape index (κ2) is 8.82. The minimum absolute atomic E-state index is 0.0505. The number of hydrogen-bond donors (Lipinski definition) is 2. The van der Waals surface area contributed by atoms with Crippen molar-refractivity contribution in [3.8, 4) is 5.88 Å². The van der Waals surface area contributed by atoms with Crippen LogP contribution >= 0.6 is 23.2 Å². The molecular formula is C22H20Cl2N6O2. The van der Waals surface area contributed by atoms with E-state index >= 15 is 0 Å². The number of halogens is 2. The topological polar surface area (TPSA) is 82.6 Å². The number of amides is 1. The summed E-state index contributed by atoms with van der Waals surface area (Å²) >= 11 is 12.5. The first-order valence-electron chi connectivity index (χ1n) is 10.2. The van der Waals surface area contributed by atoms with Crippen LogP contribution in [0.2, 0.25) is 10.0 Å². The lowest BCUT2D eigenvalue weighted by atomic mass is 10.2. The molecule has 1 aromatic heterocycles. The maximum Gasteiger partial charge on any atom is 0.268 e. The van der Waals surface area contributed by atoms with Crippen LogP contribution in [0.15, 0.2) is 48.7 Å². The SMILES string of the molecule is O=C1c2cnc(Nc3ccc(N4CCNCC4)cc3)nc2OCN1c1c(Cl)cccc1Cl. The highest BCUT2D eigenvalue weighted by Crippen LogP contribution is 2.37. The van der Waals surface area contributed by atoms with E-state index in [1.807, 2.05) is 12.1 Å². The lowest BCUT2D eigenvalue weighted by Gasteiger charge is -2.29. The van der Waals surface area contributed by atoms with Gasteiger partial charge < -0.3 is 20.3 Å². The van der Waals surface area contributed by atoms with E-state index in [0.717, 1.165) is 31.9 Å². The average Bonchev–Trinajstić information content (AvgIpc) is 2.81. The predicted molar refractivity (Wildman–Crippen MR) is 126 cm³/mol. The Bertz CT molecular complexity index is 1130. The summed E-state index contributed by atoms with van der Waals surface area (Å²) < 4.78 is 5.73. The summed E-state index contributed by atoms with van der Waals surface area (Å²) in [6.07, 6.45) is 1.44. The van der Waals surface area contributed by atoms with Crippen molar-refractivity contribution in [2.45, 2.75) is 0 Å². The molecule has 5 rings (SSSR count). The van der Waals surface area contributed by atoms with Gasteiger partial charge in [-0.3, -0.25) is 9.69 Å². The molecule has 0 saturated carbocycles. The van der Waals surface area contributed by atoms with Crippen molar-refractivity contribution >= 4 is 52.1 Å². The van der Waals surface area contributed by atoms with Gasteiger partial charge in [0.15, 0.2) is 6.73 Å². The van der Waals surface area contributed by atoms with Gasteiger partial charge in [-0.2, -0.15) is 4.98 Å². The van der Waals surface area contributed by atoms with Crippen molar-refractivity contribution in [1.82, 2.24) is 15.3 Å². The molecule has 0 bridgehead atoms. The predicted octanol–water partition coefficient (Wildman–Crippen LogP) is 3.93. The Labute approximate surface area is 195 Å². The summed E-state index contributed by atoms with van der Waals surface area (Å²) in [5.74, 6) is 0.230. The third-order valence-corrected chi connectivity index (χ3v) is 5.98. The summed E-state index contributed by atoms with van der Waals surface area (Å²) in [5, 5.41) is 7.24. The van der Waals surface area contributed by atoms with Gasteiger partial charge in [-0.1, -0.05) is 29.3 Å². The molecule has 0 atom stereocenters. The van der Waals surface area contributed by atoms with Crippen molar-refractivity contribution < 1.29 is 9.53 Å². The highest BCUT2D eigenvalue weighted by molar-refractivity contribution is 6.40. The van der Waals surface area contributed by atoms with Crippen molar-refractivity contribution in [3.05, 3.63) is 64.3 Å². The summed E-state index contributed by atoms with van der Waals surface area (Å²) in [5.41, 5.74) is 2.66. The van der Waals surface area contributed by atoms with Crippen LogP contribution in [0.5, 0.6) is 5.88 Å². The number of benzene rings is 2. The van der Waals surface area contributed by atoms with E-state index in [9.17, 15) is 4.79 Å². The smallest absolute Gasteiger partial charge is 0.268 e. The van der Waals surface area contributed by atoms with Crippen molar-refractivity contribution in [3.63, 3.8) is 0 Å². The molecule has 0 spiro atoms. The van der Waals surface area contributed by atoms with Gasteiger partial charge in [-0.05, 0) is 36.4 Å². The van der Waals surface area contributed by atoms with Crippen LogP contribution in [0.4, 0.5) is 23.0 Å². The number of rotatable bonds is 4. The van der Waals surface area contributed by atoms with Crippen LogP contribution in [0, 0.1) is 0 Å². The third kappa shape index (κ3) is 4.04. The van der Waals surface area contributed by atoms with Gasteiger partial charge >= 0.3 is 0 Å². The first kappa shape index (κ1) is 20.8. The number of nitrogens with one attached hydrogen (secondary N) is 2. The van der Waals surface area contributed by atoms with Crippen molar-refractivity contribution in [1.29, 1.82) is 0 Å². The Hall–Kier alpha value is -3.07. The molecule has 0 unspecified atom stereocenters. The molecule has 10 heteroatoms. The normalized spacial score (nSPS) is 15.9. The zero-order valence-electron chi connectivity index (χ0n) is 17.0. The highest BCUT2D eigenvalue weighted by Gasteiger charge is 2.31. The molecule has 1 amide bonds. The first-order chi connectivity index (χ1) is 15.6. The number of piperazine rings is 1. The van der Waals surface area contributed by atoms with Gasteiger partial charge in [0.05, 0.1) is 15.7 Å². The van der Waals surface area contributed by atoms with Gasteiger partial charge in [-0.15, -0.1) is 0 Å². The second-order valence-electron chi connectivity index (χ2n) is 7.40. The van der Waals surface area contributed by atoms with Crippen LogP contribution < -0.4 is 25.2 Å². The van der Waals surface area contributed by atoms with E-state index in [2.05, 4.69) is 37.6 Å². The Morgan fingerprint density at radius 1 is 1.03 bits per heavy atom. The Morgan fingerprint density at radius 3 is 2.47 bits per heavy atom. The van der Waals surface area contributed by atoms with E-state index in [4.69, 9.17) is 27.9 Å². The number of hydrogen-bond acceptors (Lipinski definition) is 7. The van der Waals surface area contributed by atoms with Crippen LogP contribution in [0.1, 0.15) is 10.4 Å². The number of ether oxygens (including phenoxy) is 1. The summed E-state index contributed by atoms with van der Waals surface area (Å²) in [7, 11) is 0. The molecule has 3 heterocycles. The van der Waals surface area contributed by atoms with E-state index < -0.39 is 0 Å². The molecule has 32 heavy (non-hydrogen) atoms. The number of nitrogens with zero attached hydrogens (tertiary/aromatic N) is 4. The van der Waals surface area contributed by atoms with Gasteiger partial charge in [-0.25, -0.2) is 4.98 Å². The molecule has 8 nitrogen and oxygen atoms in total. The van der Waals surface area contributed by atoms with Gasteiger partial charge in [0.2, 0.25) is 11.8 Å². The van der Waals surface area contributed by atoms with E-state index in [1.54, 1.807) is 18.2 Å². The molecule has 0 aliphatic carbocycles. The quantitative estimate of drug-likeness (QED) is 0.597. The summed E-state index contributed by atoms with van der Waals surface area (Å²) in [6, 6.07) is 13.1. The number of para-hydroxylation sites is 1. The number of fused-ring (bicyclic) bond motifs is 1. The zero-order valence-corrected chi connectivity index (χ0v) is 18.5. The zero-order chi connectivity index (χ0) is 22.1. The van der Waals surface area contributed by atoms with E-state index in [1.165, 1.54) is 16.8 Å². The standard InChI is InChI=1S/C22H20Cl2N6O2/c23-17-2-1-3-18(24)19(17)30-13-32-20-16(21(30)31)12-26-22(28-20)27-14-4-6-15(7-5-14)29-10-8-25-9-11-29/h1-7,12,25H,8-11,13H2,(H,26,27,28). The Kier molecular flexibility index (Phi) is 5.73. The van der Waals surface area contributed by atoms with Crippen LogP contribution in [-0.2, 0) is 0 Å². The number of carbonyl (C=O) groups excluding carboxylic acids is 1. The lowest BCUT2D eigenvalue weighted by molar-refractivity contribution is 0.0932. The van der Waals surface area contributed by atoms with Crippen LogP contribution in [0.3, 0.4) is 0 Å². The molecule has 2 aliphatic rings. The largest absolute Gasteiger partial charge is 0.455 e. The van der Waals surface area contributed by atoms with Gasteiger partial charge in [0, 0.05) is 43.8 Å². The van der Waals surface area contributed by atoms with E-state index in [-0.39, 0.29) is 24.1 Å². The van der Waals surface area contributed by atoms with Crippen molar-refractivity contribution in [2.24, 2.45) is 0 Å². The molecule has 2 aromatic carbocycles. The molecular weight excluding hydrogens is 451 g/mol. The molecule has 2 aliphatic heterocycles. The first-order valence-corrected chi connectivity index (χ1v) is 10.9. The fourth-order valence-electron chi connectivity index (χ4n) is 3.73. The summed E-state index contributed by atoms with van der Waals surface area (Å²) in [4.78, 5) is 25.4. The Balaban J connectivity index is 1.32. The molecule has 1 saturated heterocycles. The monoisotopic (exact) mass is 470 g/mol. The van der Waals surface area contributed by atoms with Gasteiger partial charge in [0.25, 0.3) is 5.91 Å².